The molecule has 0 saturated carbocycles. The number of aliphatic hydroxyl groups is 1. The van der Waals surface area contributed by atoms with Gasteiger partial charge in [0.1, 0.15) is 23.3 Å². The first-order chi connectivity index (χ1) is 15.6. The van der Waals surface area contributed by atoms with Crippen molar-refractivity contribution >= 4 is 23.1 Å². The summed E-state index contributed by atoms with van der Waals surface area (Å²) in [7, 11) is 1.48. The molecule has 3 aromatic rings. The minimum absolute atomic E-state index is 0.110. The van der Waals surface area contributed by atoms with E-state index in [1.807, 2.05) is 0 Å². The van der Waals surface area contributed by atoms with Gasteiger partial charge in [-0.3, -0.25) is 14.5 Å². The molecule has 2 aromatic carbocycles. The third-order valence-electron chi connectivity index (χ3n) is 5.40. The molecule has 1 aliphatic heterocycles. The summed E-state index contributed by atoms with van der Waals surface area (Å²) in [5.41, 5.74) is -0.588. The number of aryl methyl sites for hydroxylation is 1. The van der Waals surface area contributed by atoms with Gasteiger partial charge in [0.2, 0.25) is 0 Å². The van der Waals surface area contributed by atoms with Crippen molar-refractivity contribution in [1.29, 1.82) is 0 Å². The van der Waals surface area contributed by atoms with E-state index in [4.69, 9.17) is 9.15 Å². The molecule has 1 saturated heterocycles. The van der Waals surface area contributed by atoms with E-state index in [1.165, 1.54) is 37.6 Å². The lowest BCUT2D eigenvalue weighted by Crippen LogP contribution is -2.29. The molecule has 1 amide bonds. The molecule has 1 aliphatic rings. The van der Waals surface area contributed by atoms with Crippen molar-refractivity contribution in [2.24, 2.45) is 0 Å². The predicted molar refractivity (Wildman–Crippen MR) is 113 cm³/mol. The fraction of sp³-hybridized carbons (Fsp3) is 0.167. The normalized spacial score (nSPS) is 18.1. The molecule has 2 heterocycles. The number of halogens is 3. The molecule has 1 N–H and O–H groups in total. The molecule has 170 valence electrons. The quantitative estimate of drug-likeness (QED) is 0.329. The molecule has 0 spiro atoms. The molecule has 4 rings (SSSR count). The Labute approximate surface area is 186 Å². The summed E-state index contributed by atoms with van der Waals surface area (Å²) in [5, 5.41) is 11.1. The van der Waals surface area contributed by atoms with Crippen molar-refractivity contribution in [2.75, 3.05) is 12.0 Å². The Kier molecular flexibility index (Phi) is 5.49. The summed E-state index contributed by atoms with van der Waals surface area (Å²) in [6.07, 6.45) is -3.34. The average molecular weight is 457 g/mol. The Morgan fingerprint density at radius 3 is 2.45 bits per heavy atom. The monoisotopic (exact) mass is 457 g/mol. The molecule has 6 nitrogen and oxygen atoms in total. The number of hydrogen-bond acceptors (Lipinski definition) is 5. The minimum Gasteiger partial charge on any atom is -0.507 e. The van der Waals surface area contributed by atoms with Crippen molar-refractivity contribution in [3.8, 4) is 5.75 Å². The third-order valence-corrected chi connectivity index (χ3v) is 5.40. The van der Waals surface area contributed by atoms with E-state index in [2.05, 4.69) is 0 Å². The smallest absolute Gasteiger partial charge is 0.416 e. The first-order valence-corrected chi connectivity index (χ1v) is 9.80. The second kappa shape index (κ2) is 8.16. The van der Waals surface area contributed by atoms with Crippen LogP contribution >= 0.6 is 0 Å². The Morgan fingerprint density at radius 1 is 1.09 bits per heavy atom. The van der Waals surface area contributed by atoms with Crippen molar-refractivity contribution in [2.45, 2.75) is 19.1 Å². The highest BCUT2D eigenvalue weighted by atomic mass is 19.4. The number of anilines is 1. The number of methoxy groups -OCH3 is 1. The molecule has 1 unspecified atom stereocenters. The van der Waals surface area contributed by atoms with Gasteiger partial charge in [-0.05, 0) is 61.0 Å². The van der Waals surface area contributed by atoms with Gasteiger partial charge in [-0.25, -0.2) is 0 Å². The van der Waals surface area contributed by atoms with Crippen LogP contribution in [-0.2, 0) is 15.8 Å². The molecule has 1 fully saturated rings. The number of rotatable bonds is 4. The van der Waals surface area contributed by atoms with E-state index in [0.717, 1.165) is 23.1 Å². The van der Waals surface area contributed by atoms with Crippen LogP contribution in [0.25, 0.3) is 5.76 Å². The van der Waals surface area contributed by atoms with E-state index in [9.17, 15) is 27.9 Å². The molecular formula is C24H18F3NO5. The number of furan rings is 1. The fourth-order valence-electron chi connectivity index (χ4n) is 3.82. The number of hydrogen-bond donors (Lipinski definition) is 1. The summed E-state index contributed by atoms with van der Waals surface area (Å²) in [4.78, 5) is 26.9. The molecule has 1 aromatic heterocycles. The van der Waals surface area contributed by atoms with Crippen LogP contribution in [0, 0.1) is 6.92 Å². The van der Waals surface area contributed by atoms with Gasteiger partial charge in [-0.2, -0.15) is 13.2 Å². The second-order valence-electron chi connectivity index (χ2n) is 7.41. The van der Waals surface area contributed by atoms with Crippen LogP contribution in [0.15, 0.2) is 70.9 Å². The van der Waals surface area contributed by atoms with Gasteiger partial charge in [-0.15, -0.1) is 0 Å². The largest absolute Gasteiger partial charge is 0.507 e. The standard InChI is InChI=1S/C24H18F3NO5/c1-13-11-16(32-2)8-9-17(13)21(29)19-20(18-7-4-10-33-18)28(23(31)22(19)30)15-6-3-5-14(12-15)24(25,26)27/h3-12,20,29H,1-2H3/b21-19-. The lowest BCUT2D eigenvalue weighted by atomic mass is 9.96. The number of nitrogens with zero attached hydrogens (tertiary/aromatic N) is 1. The number of alkyl halides is 3. The molecule has 9 heteroatoms. The van der Waals surface area contributed by atoms with E-state index >= 15 is 0 Å². The maximum atomic E-state index is 13.3. The first kappa shape index (κ1) is 22.2. The van der Waals surface area contributed by atoms with E-state index in [0.29, 0.717) is 11.3 Å². The minimum atomic E-state index is -4.65. The first-order valence-electron chi connectivity index (χ1n) is 9.80. The molecule has 33 heavy (non-hydrogen) atoms. The molecule has 1 atom stereocenters. The van der Waals surface area contributed by atoms with Crippen LogP contribution in [0.2, 0.25) is 0 Å². The van der Waals surface area contributed by atoms with Gasteiger partial charge in [0.05, 0.1) is 24.5 Å². The number of ether oxygens (including phenoxy) is 1. The summed E-state index contributed by atoms with van der Waals surface area (Å²) in [6.45, 7) is 1.68. The van der Waals surface area contributed by atoms with Crippen LogP contribution in [0.4, 0.5) is 18.9 Å². The van der Waals surface area contributed by atoms with E-state index < -0.39 is 35.2 Å². The van der Waals surface area contributed by atoms with Crippen molar-refractivity contribution in [1.82, 2.24) is 0 Å². The number of Topliss-reactive ketones (excluding diaryl/α,β-unsaturated/α-hetero) is 1. The van der Waals surface area contributed by atoms with Gasteiger partial charge >= 0.3 is 6.18 Å². The highest BCUT2D eigenvalue weighted by molar-refractivity contribution is 6.51. The van der Waals surface area contributed by atoms with E-state index in [-0.39, 0.29) is 22.6 Å². The zero-order chi connectivity index (χ0) is 23.9. The molecule has 0 radical (unpaired) electrons. The molecular weight excluding hydrogens is 439 g/mol. The van der Waals surface area contributed by atoms with Crippen LogP contribution in [-0.4, -0.2) is 23.9 Å². The van der Waals surface area contributed by atoms with Crippen molar-refractivity contribution in [3.05, 3.63) is 88.9 Å². The summed E-state index contributed by atoms with van der Waals surface area (Å²) in [6, 6.07) is 10.5. The Morgan fingerprint density at radius 2 is 1.85 bits per heavy atom. The van der Waals surface area contributed by atoms with Crippen LogP contribution in [0.5, 0.6) is 5.75 Å². The Hall–Kier alpha value is -4.01. The van der Waals surface area contributed by atoms with Gasteiger partial charge in [0, 0.05) is 11.3 Å². The van der Waals surface area contributed by atoms with Crippen LogP contribution in [0.1, 0.15) is 28.5 Å². The summed E-state index contributed by atoms with van der Waals surface area (Å²) >= 11 is 0. The maximum absolute atomic E-state index is 13.3. The van der Waals surface area contributed by atoms with Gasteiger partial charge < -0.3 is 14.3 Å². The second-order valence-corrected chi connectivity index (χ2v) is 7.41. The SMILES string of the molecule is COc1ccc(/C(O)=C2/C(=O)C(=O)N(c3cccc(C(F)(F)F)c3)C2c2ccco2)c(C)c1. The van der Waals surface area contributed by atoms with Gasteiger partial charge in [-0.1, -0.05) is 6.07 Å². The van der Waals surface area contributed by atoms with Crippen molar-refractivity contribution < 1.29 is 37.0 Å². The maximum Gasteiger partial charge on any atom is 0.416 e. The van der Waals surface area contributed by atoms with Crippen LogP contribution < -0.4 is 9.64 Å². The zero-order valence-electron chi connectivity index (χ0n) is 17.5. The Bertz CT molecular complexity index is 1260. The fourth-order valence-corrected chi connectivity index (χ4v) is 3.82. The topological polar surface area (TPSA) is 80.0 Å². The third kappa shape index (κ3) is 3.86. The number of amides is 1. The predicted octanol–water partition coefficient (Wildman–Crippen LogP) is 5.24. The summed E-state index contributed by atoms with van der Waals surface area (Å²) < 4.78 is 50.4. The number of carbonyl (C=O) groups excluding carboxylic acids is 2. The number of carbonyl (C=O) groups is 2. The number of aliphatic hydroxyl groups excluding tert-OH is 1. The highest BCUT2D eigenvalue weighted by Gasteiger charge is 2.48. The number of ketones is 1. The number of benzene rings is 2. The van der Waals surface area contributed by atoms with Gasteiger partial charge in [0.25, 0.3) is 11.7 Å². The van der Waals surface area contributed by atoms with Gasteiger partial charge in [0.15, 0.2) is 0 Å². The lowest BCUT2D eigenvalue weighted by molar-refractivity contribution is -0.137. The highest BCUT2D eigenvalue weighted by Crippen LogP contribution is 2.44. The van der Waals surface area contributed by atoms with Crippen LogP contribution in [0.3, 0.4) is 0 Å². The van der Waals surface area contributed by atoms with E-state index in [1.54, 1.807) is 19.1 Å². The molecule has 0 bridgehead atoms. The lowest BCUT2D eigenvalue weighted by Gasteiger charge is -2.24. The average Bonchev–Trinajstić information content (AvgIpc) is 3.39. The molecule has 0 aliphatic carbocycles. The summed E-state index contributed by atoms with van der Waals surface area (Å²) in [5.74, 6) is -1.95. The van der Waals surface area contributed by atoms with Crippen molar-refractivity contribution in [3.63, 3.8) is 0 Å². The zero-order valence-corrected chi connectivity index (χ0v) is 17.5. The Balaban J connectivity index is 1.92.